The molecule has 27 heavy (non-hydrogen) atoms. The van der Waals surface area contributed by atoms with Crippen LogP contribution in [0, 0.1) is 0 Å². The van der Waals surface area contributed by atoms with Crippen molar-refractivity contribution in [2.45, 2.75) is 71.4 Å². The summed E-state index contributed by atoms with van der Waals surface area (Å²) in [6, 6.07) is 6.43. The van der Waals surface area contributed by atoms with Crippen molar-refractivity contribution in [1.29, 1.82) is 0 Å². The smallest absolute Gasteiger partial charge is 0.251 e. The van der Waals surface area contributed by atoms with Gasteiger partial charge >= 0.3 is 0 Å². The van der Waals surface area contributed by atoms with Crippen LogP contribution in [0.25, 0.3) is 0 Å². The van der Waals surface area contributed by atoms with Gasteiger partial charge in [-0.25, -0.2) is 0 Å². The van der Waals surface area contributed by atoms with Crippen molar-refractivity contribution in [1.82, 2.24) is 10.2 Å². The lowest BCUT2D eigenvalue weighted by Crippen LogP contribution is -2.49. The van der Waals surface area contributed by atoms with Crippen molar-refractivity contribution in [2.24, 2.45) is 0 Å². The van der Waals surface area contributed by atoms with Crippen LogP contribution in [0.15, 0.2) is 24.3 Å². The Morgan fingerprint density at radius 3 is 2.37 bits per heavy atom. The molecule has 0 spiro atoms. The number of piperidine rings is 1. The van der Waals surface area contributed by atoms with Crippen LogP contribution in [-0.2, 0) is 9.59 Å². The Morgan fingerprint density at radius 1 is 1.11 bits per heavy atom. The van der Waals surface area contributed by atoms with Crippen LogP contribution in [0.1, 0.15) is 70.2 Å². The van der Waals surface area contributed by atoms with Crippen LogP contribution in [0.4, 0.5) is 5.69 Å². The van der Waals surface area contributed by atoms with Crippen LogP contribution < -0.4 is 10.6 Å². The molecule has 6 nitrogen and oxygen atoms in total. The quantitative estimate of drug-likeness (QED) is 0.803. The van der Waals surface area contributed by atoms with E-state index in [4.69, 9.17) is 0 Å². The number of amides is 3. The van der Waals surface area contributed by atoms with Crippen molar-refractivity contribution in [3.8, 4) is 0 Å². The maximum Gasteiger partial charge on any atom is 0.251 e. The molecular weight excluding hydrogens is 342 g/mol. The van der Waals surface area contributed by atoms with Gasteiger partial charge in [0.15, 0.2) is 0 Å². The lowest BCUT2D eigenvalue weighted by Gasteiger charge is -2.34. The normalized spacial score (nSPS) is 17.3. The molecule has 1 aromatic rings. The fourth-order valence-electron chi connectivity index (χ4n) is 3.10. The van der Waals surface area contributed by atoms with E-state index in [0.29, 0.717) is 30.6 Å². The van der Waals surface area contributed by atoms with Gasteiger partial charge in [0.2, 0.25) is 11.8 Å². The van der Waals surface area contributed by atoms with Gasteiger partial charge < -0.3 is 15.5 Å². The molecule has 1 saturated heterocycles. The molecule has 1 heterocycles. The zero-order valence-electron chi connectivity index (χ0n) is 16.8. The summed E-state index contributed by atoms with van der Waals surface area (Å²) < 4.78 is 0. The largest absolute Gasteiger partial charge is 0.347 e. The zero-order chi connectivity index (χ0) is 20.0. The molecule has 0 aliphatic carbocycles. The first-order valence-electron chi connectivity index (χ1n) is 9.80. The highest BCUT2D eigenvalue weighted by Gasteiger charge is 2.31. The standard InChI is InChI=1S/C21H31N3O3/c1-5-18(25)24-14-8-7-9-17(24)20(27)22-16-12-10-15(11-13-16)19(26)23-21(3,4)6-2/h10-13,17H,5-9,14H2,1-4H3,(H,22,27)(H,23,26)/t17-/m0/s1. The van der Waals surface area contributed by atoms with Gasteiger partial charge in [-0.05, 0) is 63.8 Å². The van der Waals surface area contributed by atoms with Gasteiger partial charge in [0.05, 0.1) is 0 Å². The molecule has 1 aromatic carbocycles. The van der Waals surface area contributed by atoms with Crippen molar-refractivity contribution >= 4 is 23.4 Å². The molecule has 1 fully saturated rings. The fraction of sp³-hybridized carbons (Fsp3) is 0.571. The van der Waals surface area contributed by atoms with Gasteiger partial charge in [-0.15, -0.1) is 0 Å². The summed E-state index contributed by atoms with van der Waals surface area (Å²) in [7, 11) is 0. The monoisotopic (exact) mass is 373 g/mol. The lowest BCUT2D eigenvalue weighted by atomic mass is 10.0. The number of rotatable bonds is 6. The molecule has 148 valence electrons. The molecule has 1 aliphatic heterocycles. The van der Waals surface area contributed by atoms with E-state index in [1.807, 2.05) is 27.7 Å². The molecule has 0 bridgehead atoms. The first-order valence-corrected chi connectivity index (χ1v) is 9.80. The van der Waals surface area contributed by atoms with Gasteiger partial charge in [0.25, 0.3) is 5.91 Å². The molecule has 0 unspecified atom stereocenters. The Hall–Kier alpha value is -2.37. The summed E-state index contributed by atoms with van der Waals surface area (Å²) in [6.07, 6.45) is 3.80. The summed E-state index contributed by atoms with van der Waals surface area (Å²) >= 11 is 0. The summed E-state index contributed by atoms with van der Waals surface area (Å²) in [5.41, 5.74) is 0.913. The number of carbonyl (C=O) groups excluding carboxylic acids is 3. The van der Waals surface area contributed by atoms with E-state index in [0.717, 1.165) is 19.3 Å². The Labute approximate surface area is 161 Å². The number of hydrogen-bond donors (Lipinski definition) is 2. The highest BCUT2D eigenvalue weighted by molar-refractivity contribution is 5.98. The highest BCUT2D eigenvalue weighted by atomic mass is 16.2. The molecule has 3 amide bonds. The van der Waals surface area contributed by atoms with Crippen LogP contribution in [0.5, 0.6) is 0 Å². The predicted octanol–water partition coefficient (Wildman–Crippen LogP) is 3.33. The number of nitrogens with zero attached hydrogens (tertiary/aromatic N) is 1. The number of likely N-dealkylation sites (tertiary alicyclic amines) is 1. The van der Waals surface area contributed by atoms with E-state index in [2.05, 4.69) is 10.6 Å². The number of anilines is 1. The van der Waals surface area contributed by atoms with E-state index >= 15 is 0 Å². The summed E-state index contributed by atoms with van der Waals surface area (Å²) in [6.45, 7) is 8.43. The second kappa shape index (κ2) is 9.02. The second-order valence-corrected chi connectivity index (χ2v) is 7.71. The Bertz CT molecular complexity index is 682. The highest BCUT2D eigenvalue weighted by Crippen LogP contribution is 2.20. The molecule has 1 atom stereocenters. The van der Waals surface area contributed by atoms with Gasteiger partial charge in [-0.2, -0.15) is 0 Å². The van der Waals surface area contributed by atoms with E-state index in [9.17, 15) is 14.4 Å². The summed E-state index contributed by atoms with van der Waals surface area (Å²) in [5, 5.41) is 5.87. The van der Waals surface area contributed by atoms with Crippen LogP contribution in [0.2, 0.25) is 0 Å². The maximum atomic E-state index is 12.7. The molecule has 0 aromatic heterocycles. The minimum absolute atomic E-state index is 0.0143. The van der Waals surface area contributed by atoms with Gasteiger partial charge in [-0.3, -0.25) is 14.4 Å². The second-order valence-electron chi connectivity index (χ2n) is 7.71. The molecule has 0 radical (unpaired) electrons. The van der Waals surface area contributed by atoms with Gasteiger partial charge in [0, 0.05) is 29.8 Å². The molecule has 0 saturated carbocycles. The third-order valence-corrected chi connectivity index (χ3v) is 5.18. The summed E-state index contributed by atoms with van der Waals surface area (Å²) in [4.78, 5) is 38.7. The average Bonchev–Trinajstić information content (AvgIpc) is 2.67. The van der Waals surface area contributed by atoms with E-state index < -0.39 is 6.04 Å². The maximum absolute atomic E-state index is 12.7. The van der Waals surface area contributed by atoms with Crippen molar-refractivity contribution < 1.29 is 14.4 Å². The minimum Gasteiger partial charge on any atom is -0.347 e. The molecule has 2 N–H and O–H groups in total. The first kappa shape index (κ1) is 20.9. The van der Waals surface area contributed by atoms with Gasteiger partial charge in [0.1, 0.15) is 6.04 Å². The number of nitrogens with one attached hydrogen (secondary N) is 2. The zero-order valence-corrected chi connectivity index (χ0v) is 16.8. The van der Waals surface area contributed by atoms with E-state index in [1.165, 1.54) is 0 Å². The topological polar surface area (TPSA) is 78.5 Å². The molecule has 2 rings (SSSR count). The number of benzene rings is 1. The Morgan fingerprint density at radius 2 is 1.78 bits per heavy atom. The predicted molar refractivity (Wildman–Crippen MR) is 107 cm³/mol. The minimum atomic E-state index is -0.417. The number of hydrogen-bond acceptors (Lipinski definition) is 3. The average molecular weight is 373 g/mol. The van der Waals surface area contributed by atoms with Crippen LogP contribution in [0.3, 0.4) is 0 Å². The molecule has 6 heteroatoms. The number of carbonyl (C=O) groups is 3. The lowest BCUT2D eigenvalue weighted by molar-refractivity contribution is -0.140. The Balaban J connectivity index is 2.02. The summed E-state index contributed by atoms with van der Waals surface area (Å²) in [5.74, 6) is -0.284. The molecular formula is C21H31N3O3. The van der Waals surface area contributed by atoms with Crippen LogP contribution in [-0.4, -0.2) is 40.7 Å². The van der Waals surface area contributed by atoms with Crippen molar-refractivity contribution in [3.05, 3.63) is 29.8 Å². The van der Waals surface area contributed by atoms with E-state index in [-0.39, 0.29) is 23.3 Å². The first-order chi connectivity index (χ1) is 12.8. The van der Waals surface area contributed by atoms with Crippen molar-refractivity contribution in [3.63, 3.8) is 0 Å². The SMILES string of the molecule is CCC(=O)N1CCCC[C@H]1C(=O)Nc1ccc(C(=O)NC(C)(C)CC)cc1. The fourth-order valence-corrected chi connectivity index (χ4v) is 3.10. The van der Waals surface area contributed by atoms with E-state index in [1.54, 1.807) is 29.2 Å². The van der Waals surface area contributed by atoms with Crippen LogP contribution >= 0.6 is 0 Å². The van der Waals surface area contributed by atoms with Gasteiger partial charge in [-0.1, -0.05) is 13.8 Å². The molecule has 1 aliphatic rings. The third-order valence-electron chi connectivity index (χ3n) is 5.18. The third kappa shape index (κ3) is 5.55. The van der Waals surface area contributed by atoms with Crippen molar-refractivity contribution in [2.75, 3.05) is 11.9 Å². The Kier molecular flexibility index (Phi) is 6.99.